The molecule has 0 fully saturated rings. The van der Waals surface area contributed by atoms with Gasteiger partial charge in [0.2, 0.25) is 0 Å². The van der Waals surface area contributed by atoms with Crippen LogP contribution < -0.4 is 5.32 Å². The zero-order valence-electron chi connectivity index (χ0n) is 9.98. The first-order chi connectivity index (χ1) is 9.18. The van der Waals surface area contributed by atoms with Gasteiger partial charge in [-0.1, -0.05) is 30.3 Å². The monoisotopic (exact) mass is 256 g/mol. The predicted octanol–water partition coefficient (Wildman–Crippen LogP) is 1.64. The van der Waals surface area contributed by atoms with Crippen molar-refractivity contribution >= 4 is 11.9 Å². The van der Waals surface area contributed by atoms with Gasteiger partial charge in [-0.2, -0.15) is 0 Å². The van der Waals surface area contributed by atoms with Crippen molar-refractivity contribution in [1.29, 1.82) is 0 Å². The van der Waals surface area contributed by atoms with Crippen LogP contribution in [0.15, 0.2) is 54.9 Å². The molecule has 96 valence electrons. The number of carboxylic acid groups (broad SMARTS) is 1. The van der Waals surface area contributed by atoms with Crippen LogP contribution in [-0.4, -0.2) is 22.0 Å². The smallest absolute Gasteiger partial charge is 0.330 e. The molecule has 19 heavy (non-hydrogen) atoms. The Kier molecular flexibility index (Phi) is 3.87. The molecular weight excluding hydrogens is 244 g/mol. The highest BCUT2D eigenvalue weighted by Crippen LogP contribution is 2.13. The van der Waals surface area contributed by atoms with Crippen LogP contribution in [0.2, 0.25) is 0 Å². The predicted molar refractivity (Wildman–Crippen MR) is 68.5 cm³/mol. The fraction of sp³-hybridized carbons (Fsp3) is 0.0714. The molecule has 0 aliphatic heterocycles. The van der Waals surface area contributed by atoms with Gasteiger partial charge in [-0.05, 0) is 17.7 Å². The number of nitrogens with zero attached hydrogens (tertiary/aromatic N) is 1. The van der Waals surface area contributed by atoms with E-state index in [9.17, 15) is 14.7 Å². The van der Waals surface area contributed by atoms with Crippen molar-refractivity contribution in [2.45, 2.75) is 6.04 Å². The molecule has 2 aromatic rings. The molecule has 1 heterocycles. The average Bonchev–Trinajstić information content (AvgIpc) is 2.46. The summed E-state index contributed by atoms with van der Waals surface area (Å²) in [5.41, 5.74) is 0.844. The van der Waals surface area contributed by atoms with Crippen LogP contribution in [0.25, 0.3) is 0 Å². The topological polar surface area (TPSA) is 79.3 Å². The number of carbonyl (C=O) groups is 2. The SMILES string of the molecule is O=C(N[C@@H](C(=O)O)c1ccccc1)c1cccnc1. The zero-order valence-corrected chi connectivity index (χ0v) is 9.98. The van der Waals surface area contributed by atoms with E-state index in [1.807, 2.05) is 0 Å². The van der Waals surface area contributed by atoms with Gasteiger partial charge in [0.05, 0.1) is 5.56 Å². The molecule has 0 unspecified atom stereocenters. The van der Waals surface area contributed by atoms with Crippen molar-refractivity contribution in [3.8, 4) is 0 Å². The summed E-state index contributed by atoms with van der Waals surface area (Å²) in [4.78, 5) is 27.0. The van der Waals surface area contributed by atoms with Crippen molar-refractivity contribution in [1.82, 2.24) is 10.3 Å². The molecule has 1 atom stereocenters. The Hall–Kier alpha value is -2.69. The van der Waals surface area contributed by atoms with E-state index >= 15 is 0 Å². The molecular formula is C14H12N2O3. The minimum atomic E-state index is -1.11. The van der Waals surface area contributed by atoms with Crippen LogP contribution in [0.4, 0.5) is 0 Å². The molecule has 0 saturated heterocycles. The van der Waals surface area contributed by atoms with Crippen molar-refractivity contribution in [3.63, 3.8) is 0 Å². The maximum absolute atomic E-state index is 11.9. The van der Waals surface area contributed by atoms with Crippen molar-refractivity contribution in [3.05, 3.63) is 66.0 Å². The number of pyridine rings is 1. The molecule has 1 aromatic carbocycles. The summed E-state index contributed by atoms with van der Waals surface area (Å²) in [7, 11) is 0. The molecule has 1 amide bonds. The van der Waals surface area contributed by atoms with Gasteiger partial charge in [-0.25, -0.2) is 4.79 Å². The molecule has 1 aromatic heterocycles. The normalized spacial score (nSPS) is 11.6. The Morgan fingerprint density at radius 1 is 1.11 bits per heavy atom. The fourth-order valence-electron chi connectivity index (χ4n) is 1.64. The van der Waals surface area contributed by atoms with Crippen molar-refractivity contribution in [2.75, 3.05) is 0 Å². The number of amides is 1. The third-order valence-electron chi connectivity index (χ3n) is 2.58. The van der Waals surface area contributed by atoms with E-state index in [1.54, 1.807) is 48.7 Å². The number of benzene rings is 1. The molecule has 0 aliphatic rings. The maximum atomic E-state index is 11.9. The summed E-state index contributed by atoms with van der Waals surface area (Å²) in [6.07, 6.45) is 2.93. The lowest BCUT2D eigenvalue weighted by Gasteiger charge is -2.14. The minimum absolute atomic E-state index is 0.324. The second-order valence-electron chi connectivity index (χ2n) is 3.90. The third kappa shape index (κ3) is 3.16. The summed E-state index contributed by atoms with van der Waals surface area (Å²) in [6, 6.07) is 10.7. The largest absolute Gasteiger partial charge is 0.479 e. The number of aliphatic carboxylic acids is 1. The molecule has 2 rings (SSSR count). The molecule has 0 radical (unpaired) electrons. The van der Waals surface area contributed by atoms with Gasteiger partial charge in [0.25, 0.3) is 5.91 Å². The second kappa shape index (κ2) is 5.77. The molecule has 0 spiro atoms. The summed E-state index contributed by atoms with van der Waals surface area (Å²) in [6.45, 7) is 0. The molecule has 0 bridgehead atoms. The lowest BCUT2D eigenvalue weighted by Crippen LogP contribution is -2.33. The lowest BCUT2D eigenvalue weighted by molar-refractivity contribution is -0.139. The van der Waals surface area contributed by atoms with Gasteiger partial charge in [-0.3, -0.25) is 9.78 Å². The third-order valence-corrected chi connectivity index (χ3v) is 2.58. The van der Waals surface area contributed by atoms with Gasteiger partial charge in [0.1, 0.15) is 0 Å². The molecule has 2 N–H and O–H groups in total. The van der Waals surface area contributed by atoms with Crippen molar-refractivity contribution < 1.29 is 14.7 Å². The van der Waals surface area contributed by atoms with E-state index in [1.165, 1.54) is 6.20 Å². The highest BCUT2D eigenvalue weighted by atomic mass is 16.4. The number of rotatable bonds is 4. The second-order valence-corrected chi connectivity index (χ2v) is 3.90. The van der Waals surface area contributed by atoms with E-state index in [-0.39, 0.29) is 0 Å². The van der Waals surface area contributed by atoms with Crippen LogP contribution in [0, 0.1) is 0 Å². The summed E-state index contributed by atoms with van der Waals surface area (Å²) >= 11 is 0. The fourth-order valence-corrected chi connectivity index (χ4v) is 1.64. The Bertz CT molecular complexity index is 570. The summed E-state index contributed by atoms with van der Waals surface area (Å²) in [5.74, 6) is -1.58. The van der Waals surface area contributed by atoms with E-state index in [2.05, 4.69) is 10.3 Å². The first kappa shape index (κ1) is 12.8. The van der Waals surface area contributed by atoms with Crippen LogP contribution >= 0.6 is 0 Å². The van der Waals surface area contributed by atoms with Gasteiger partial charge < -0.3 is 10.4 Å². The highest BCUT2D eigenvalue weighted by molar-refractivity contribution is 5.96. The van der Waals surface area contributed by atoms with E-state index < -0.39 is 17.9 Å². The quantitative estimate of drug-likeness (QED) is 0.871. The summed E-state index contributed by atoms with van der Waals surface area (Å²) < 4.78 is 0. The Balaban J connectivity index is 2.19. The van der Waals surface area contributed by atoms with Crippen LogP contribution in [0.1, 0.15) is 22.0 Å². The lowest BCUT2D eigenvalue weighted by atomic mass is 10.1. The number of carboxylic acids is 1. The Morgan fingerprint density at radius 3 is 2.42 bits per heavy atom. The average molecular weight is 256 g/mol. The van der Waals surface area contributed by atoms with Crippen LogP contribution in [-0.2, 0) is 4.79 Å². The Morgan fingerprint density at radius 2 is 1.84 bits per heavy atom. The maximum Gasteiger partial charge on any atom is 0.330 e. The van der Waals surface area contributed by atoms with E-state index in [0.29, 0.717) is 11.1 Å². The number of hydrogen-bond acceptors (Lipinski definition) is 3. The van der Waals surface area contributed by atoms with Gasteiger partial charge >= 0.3 is 5.97 Å². The van der Waals surface area contributed by atoms with E-state index in [4.69, 9.17) is 0 Å². The molecule has 0 saturated carbocycles. The number of nitrogens with one attached hydrogen (secondary N) is 1. The standard InChI is InChI=1S/C14H12N2O3/c17-13(11-7-4-8-15-9-11)16-12(14(18)19)10-5-2-1-3-6-10/h1-9,12H,(H,16,17)(H,18,19)/t12-/m1/s1. The zero-order chi connectivity index (χ0) is 13.7. The molecule has 0 aliphatic carbocycles. The first-order valence-corrected chi connectivity index (χ1v) is 5.67. The minimum Gasteiger partial charge on any atom is -0.479 e. The number of hydrogen-bond donors (Lipinski definition) is 2. The Labute approximate surface area is 109 Å². The highest BCUT2D eigenvalue weighted by Gasteiger charge is 2.22. The van der Waals surface area contributed by atoms with Crippen molar-refractivity contribution in [2.24, 2.45) is 0 Å². The first-order valence-electron chi connectivity index (χ1n) is 5.67. The van der Waals surface area contributed by atoms with Crippen LogP contribution in [0.3, 0.4) is 0 Å². The van der Waals surface area contributed by atoms with Gasteiger partial charge in [0.15, 0.2) is 6.04 Å². The summed E-state index contributed by atoms with van der Waals surface area (Å²) in [5, 5.41) is 11.7. The van der Waals surface area contributed by atoms with Crippen LogP contribution in [0.5, 0.6) is 0 Å². The number of aromatic nitrogens is 1. The van der Waals surface area contributed by atoms with E-state index in [0.717, 1.165) is 0 Å². The number of carbonyl (C=O) groups excluding carboxylic acids is 1. The van der Waals surface area contributed by atoms with Gasteiger partial charge in [0, 0.05) is 12.4 Å². The molecule has 5 nitrogen and oxygen atoms in total. The van der Waals surface area contributed by atoms with Gasteiger partial charge in [-0.15, -0.1) is 0 Å². The molecule has 5 heteroatoms.